The molecule has 25 heteroatoms. The van der Waals surface area contributed by atoms with Gasteiger partial charge in [-0.3, -0.25) is 44.0 Å². The molecule has 0 radical (unpaired) electrons. The zero-order chi connectivity index (χ0) is 50.1. The Morgan fingerprint density at radius 2 is 1.21 bits per heavy atom. The van der Waals surface area contributed by atoms with Gasteiger partial charge in [-0.2, -0.15) is 0 Å². The van der Waals surface area contributed by atoms with E-state index in [9.17, 15) is 69.5 Å². The monoisotopic (exact) mass is 966 g/mol. The van der Waals surface area contributed by atoms with Crippen molar-refractivity contribution >= 4 is 41.2 Å². The molecule has 4 unspecified atom stereocenters. The number of Topliss-reactive ketones (excluding diaryl/α,β-unsaturated/α-hetero) is 1. The van der Waals surface area contributed by atoms with E-state index in [1.165, 1.54) is 13.8 Å². The quantitative estimate of drug-likeness (QED) is 0.0137. The number of rotatable bonds is 32. The summed E-state index contributed by atoms with van der Waals surface area (Å²) in [6, 6.07) is -1.60. The molecular weight excluding hydrogens is 890 g/mol. The first kappa shape index (κ1) is 59.1. The minimum Gasteiger partial charge on any atom is -0.396 e. The highest BCUT2D eigenvalue weighted by Gasteiger charge is 2.59. The van der Waals surface area contributed by atoms with Gasteiger partial charge in [0, 0.05) is 86.0 Å². The molecule has 386 valence electrons. The molecule has 67 heavy (non-hydrogen) atoms. The fraction of sp³-hybridized carbons (Fsp3) is 0.833. The highest BCUT2D eigenvalue weighted by Crippen LogP contribution is 2.35. The Hall–Kier alpha value is -3.99. The largest absolute Gasteiger partial charge is 0.396 e. The SMILES string of the molecule is CO[C@]1(O)C(NC(C)=O)[C@H](O[C@@H]2C(C(=O)CNCCCCCN(O)C(=O)CCC(=O)NCCCCCN(O)C(=O)CCC(=O)NCCCCNC(C)=O)O[C@H](C)C(O)[C@H]2O)OC(CCO)[C@H]1O. The van der Waals surface area contributed by atoms with Crippen LogP contribution in [-0.4, -0.2) is 208 Å². The summed E-state index contributed by atoms with van der Waals surface area (Å²) in [6.07, 6.45) is -8.33. The van der Waals surface area contributed by atoms with E-state index in [4.69, 9.17) is 18.9 Å². The molecule has 0 aromatic carbocycles. The van der Waals surface area contributed by atoms with Gasteiger partial charge in [-0.1, -0.05) is 6.42 Å². The average molecular weight is 966 g/mol. The van der Waals surface area contributed by atoms with Gasteiger partial charge in [0.1, 0.15) is 36.6 Å². The number of hydroxylamine groups is 4. The number of nitrogens with one attached hydrogen (secondary N) is 5. The van der Waals surface area contributed by atoms with Crippen LogP contribution >= 0.6 is 0 Å². The van der Waals surface area contributed by atoms with Crippen LogP contribution in [0.3, 0.4) is 0 Å². The van der Waals surface area contributed by atoms with Crippen molar-refractivity contribution in [2.24, 2.45) is 0 Å². The van der Waals surface area contributed by atoms with Crippen molar-refractivity contribution in [3.8, 4) is 0 Å². The summed E-state index contributed by atoms with van der Waals surface area (Å²) in [4.78, 5) is 85.0. The lowest BCUT2D eigenvalue weighted by Crippen LogP contribution is -2.73. The van der Waals surface area contributed by atoms with E-state index in [0.29, 0.717) is 87.7 Å². The van der Waals surface area contributed by atoms with Gasteiger partial charge in [-0.25, -0.2) is 10.1 Å². The lowest BCUT2D eigenvalue weighted by molar-refractivity contribution is -0.377. The van der Waals surface area contributed by atoms with E-state index >= 15 is 0 Å². The number of methoxy groups -OCH3 is 1. The predicted octanol–water partition coefficient (Wildman–Crippen LogP) is -3.17. The van der Waals surface area contributed by atoms with Crippen molar-refractivity contribution < 1.29 is 88.5 Å². The number of hydrogen-bond donors (Lipinski definition) is 12. The Morgan fingerprint density at radius 1 is 0.687 bits per heavy atom. The third kappa shape index (κ3) is 20.6. The van der Waals surface area contributed by atoms with Crippen molar-refractivity contribution in [1.82, 2.24) is 36.7 Å². The first-order chi connectivity index (χ1) is 31.8. The lowest BCUT2D eigenvalue weighted by atomic mass is 9.89. The van der Waals surface area contributed by atoms with E-state index in [-0.39, 0.29) is 69.5 Å². The molecule has 0 saturated carbocycles. The van der Waals surface area contributed by atoms with Crippen molar-refractivity contribution in [2.45, 2.75) is 165 Å². The third-order valence-corrected chi connectivity index (χ3v) is 11.2. The Morgan fingerprint density at radius 3 is 1.72 bits per heavy atom. The van der Waals surface area contributed by atoms with Gasteiger partial charge in [0.05, 0.1) is 18.8 Å². The van der Waals surface area contributed by atoms with Gasteiger partial charge in [0.15, 0.2) is 12.1 Å². The molecule has 2 rings (SSSR count). The smallest absolute Gasteiger partial charge is 0.246 e. The Kier molecular flexibility index (Phi) is 27.5. The molecule has 2 heterocycles. The minimum absolute atomic E-state index is 0.00320. The fourth-order valence-corrected chi connectivity index (χ4v) is 7.34. The first-order valence-corrected chi connectivity index (χ1v) is 22.9. The normalized spacial score (nSPS) is 26.0. The molecule has 0 aliphatic carbocycles. The number of aliphatic hydroxyl groups excluding tert-OH is 4. The number of amides is 6. The molecule has 0 aromatic heterocycles. The van der Waals surface area contributed by atoms with Crippen molar-refractivity contribution in [1.29, 1.82) is 0 Å². The molecule has 0 bridgehead atoms. The number of nitrogens with zero attached hydrogens (tertiary/aromatic N) is 2. The predicted molar refractivity (Wildman–Crippen MR) is 232 cm³/mol. The maximum Gasteiger partial charge on any atom is 0.246 e. The molecule has 10 atom stereocenters. The summed E-state index contributed by atoms with van der Waals surface area (Å²) < 4.78 is 22.7. The summed E-state index contributed by atoms with van der Waals surface area (Å²) in [5.74, 6) is -5.79. The number of unbranched alkanes of at least 4 members (excludes halogenated alkanes) is 5. The lowest BCUT2D eigenvalue weighted by Gasteiger charge is -2.51. The van der Waals surface area contributed by atoms with Gasteiger partial charge in [-0.15, -0.1) is 0 Å². The molecule has 0 spiro atoms. The zero-order valence-corrected chi connectivity index (χ0v) is 39.1. The van der Waals surface area contributed by atoms with Crippen molar-refractivity contribution in [2.75, 3.05) is 59.5 Å². The minimum atomic E-state index is -2.50. The van der Waals surface area contributed by atoms with Gasteiger partial charge >= 0.3 is 0 Å². The van der Waals surface area contributed by atoms with Crippen LogP contribution in [0, 0.1) is 0 Å². The van der Waals surface area contributed by atoms with Crippen LogP contribution in [0.5, 0.6) is 0 Å². The van der Waals surface area contributed by atoms with Crippen LogP contribution in [0.2, 0.25) is 0 Å². The maximum absolute atomic E-state index is 13.4. The summed E-state index contributed by atoms with van der Waals surface area (Å²) >= 11 is 0. The first-order valence-electron chi connectivity index (χ1n) is 22.9. The third-order valence-electron chi connectivity index (χ3n) is 11.2. The molecule has 0 aromatic rings. The molecule has 12 N–H and O–H groups in total. The average Bonchev–Trinajstić information content (AvgIpc) is 3.29. The van der Waals surface area contributed by atoms with Crippen molar-refractivity contribution in [3.63, 3.8) is 0 Å². The Bertz CT molecular complexity index is 1570. The second-order valence-electron chi connectivity index (χ2n) is 16.7. The molecule has 6 amide bonds. The second kappa shape index (κ2) is 31.2. The number of aliphatic hydroxyl groups is 5. The van der Waals surface area contributed by atoms with E-state index in [1.54, 1.807) is 0 Å². The second-order valence-corrected chi connectivity index (χ2v) is 16.7. The number of ketones is 1. The molecule has 2 aliphatic rings. The molecular formula is C42H75N7O18. The van der Waals surface area contributed by atoms with Gasteiger partial charge in [0.2, 0.25) is 41.2 Å². The van der Waals surface area contributed by atoms with Crippen LogP contribution in [0.15, 0.2) is 0 Å². The van der Waals surface area contributed by atoms with Crippen LogP contribution < -0.4 is 26.6 Å². The fourth-order valence-electron chi connectivity index (χ4n) is 7.34. The topological polar surface area (TPSA) is 365 Å². The zero-order valence-electron chi connectivity index (χ0n) is 39.1. The van der Waals surface area contributed by atoms with Crippen LogP contribution in [0.1, 0.15) is 104 Å². The molecule has 2 aliphatic heterocycles. The number of hydrogen-bond acceptors (Lipinski definition) is 19. The van der Waals surface area contributed by atoms with Crippen LogP contribution in [-0.2, 0) is 52.5 Å². The summed E-state index contributed by atoms with van der Waals surface area (Å²) in [5, 5.41) is 87.9. The Labute approximate surface area is 390 Å². The summed E-state index contributed by atoms with van der Waals surface area (Å²) in [5.41, 5.74) is 0. The van der Waals surface area contributed by atoms with Crippen LogP contribution in [0.25, 0.3) is 0 Å². The van der Waals surface area contributed by atoms with Crippen molar-refractivity contribution in [3.05, 3.63) is 0 Å². The van der Waals surface area contributed by atoms with E-state index in [0.717, 1.165) is 14.0 Å². The van der Waals surface area contributed by atoms with E-state index in [1.807, 2.05) is 0 Å². The van der Waals surface area contributed by atoms with Gasteiger partial charge in [-0.05, 0) is 64.8 Å². The van der Waals surface area contributed by atoms with Crippen LogP contribution in [0.4, 0.5) is 0 Å². The number of ether oxygens (including phenoxy) is 4. The standard InChI is InChI=1S/C42H75N7O18/c1-26-35(58)36(59)38(67-41-39(47-28(3)52)42(61,64-4)40(60)30(66-41)17-24-50)37(65-26)29(53)25-43-18-7-5-11-22-48(62)33(56)15-13-31(54)45-20-8-6-12-23-49(63)34(57)16-14-32(55)46-21-10-9-19-44-27(2)51/h26,30,35-41,43,50,58-63H,5-25H2,1-4H3,(H,44,51)(H,45,54)(H,46,55)(H,47,52)/t26-,30?,35?,36-,37?,38+,39?,40-,41+,42-/m1/s1. The molecule has 2 fully saturated rings. The molecule has 2 saturated heterocycles. The Balaban J connectivity index is 1.65. The van der Waals surface area contributed by atoms with E-state index < -0.39 is 91.0 Å². The van der Waals surface area contributed by atoms with Gasteiger partial charge in [0.25, 0.3) is 0 Å². The summed E-state index contributed by atoms with van der Waals surface area (Å²) in [7, 11) is 1.07. The maximum atomic E-state index is 13.4. The highest BCUT2D eigenvalue weighted by molar-refractivity contribution is 5.86. The number of carbonyl (C=O) groups excluding carboxylic acids is 7. The van der Waals surface area contributed by atoms with E-state index in [2.05, 4.69) is 26.6 Å². The summed E-state index contributed by atoms with van der Waals surface area (Å²) in [6.45, 7) is 4.88. The number of carbonyl (C=O) groups is 7. The van der Waals surface area contributed by atoms with Gasteiger partial charge < -0.3 is 71.1 Å². The highest BCUT2D eigenvalue weighted by atomic mass is 16.7. The molecule has 25 nitrogen and oxygen atoms in total.